The number of sulfone groups is 1. The fourth-order valence-electron chi connectivity index (χ4n) is 2.23. The average Bonchev–Trinajstić information content (AvgIpc) is 2.50. The van der Waals surface area contributed by atoms with E-state index in [9.17, 15) is 8.42 Å². The number of nitrogens with one attached hydrogen (secondary N) is 1. The van der Waals surface area contributed by atoms with E-state index < -0.39 is 14.6 Å². The van der Waals surface area contributed by atoms with Gasteiger partial charge in [0.2, 0.25) is 0 Å². The minimum absolute atomic E-state index is 0.265. The van der Waals surface area contributed by atoms with Gasteiger partial charge in [0.1, 0.15) is 0 Å². The van der Waals surface area contributed by atoms with E-state index in [0.29, 0.717) is 18.5 Å². The van der Waals surface area contributed by atoms with Crippen molar-refractivity contribution in [1.82, 2.24) is 10.2 Å². The van der Waals surface area contributed by atoms with Crippen molar-refractivity contribution in [2.24, 2.45) is 5.92 Å². The summed E-state index contributed by atoms with van der Waals surface area (Å²) in [6.07, 6.45) is 1.10. The monoisotopic (exact) mass is 290 g/mol. The molecule has 1 atom stereocenters. The normalized spacial score (nSPS) is 23.6. The average molecular weight is 290 g/mol. The highest BCUT2D eigenvalue weighted by atomic mass is 32.2. The highest BCUT2D eigenvalue weighted by molar-refractivity contribution is 7.92. The lowest BCUT2D eigenvalue weighted by Gasteiger charge is -2.28. The van der Waals surface area contributed by atoms with Gasteiger partial charge in [0.05, 0.1) is 10.5 Å². The summed E-state index contributed by atoms with van der Waals surface area (Å²) < 4.78 is 23.7. The Kier molecular flexibility index (Phi) is 5.83. The molecule has 19 heavy (non-hydrogen) atoms. The minimum Gasteiger partial charge on any atom is -0.312 e. The van der Waals surface area contributed by atoms with Gasteiger partial charge in [0.15, 0.2) is 9.84 Å². The molecule has 0 amide bonds. The molecule has 1 fully saturated rings. The molecular formula is C14H30N2O2S. The molecular weight excluding hydrogens is 260 g/mol. The van der Waals surface area contributed by atoms with Crippen LogP contribution in [0.2, 0.25) is 0 Å². The predicted molar refractivity (Wildman–Crippen MR) is 81.2 cm³/mol. The van der Waals surface area contributed by atoms with Crippen LogP contribution < -0.4 is 5.32 Å². The van der Waals surface area contributed by atoms with Crippen molar-refractivity contribution in [2.75, 3.05) is 31.9 Å². The van der Waals surface area contributed by atoms with Gasteiger partial charge in [0.25, 0.3) is 0 Å². The van der Waals surface area contributed by atoms with Crippen LogP contribution in [-0.4, -0.2) is 56.0 Å². The fourth-order valence-corrected chi connectivity index (χ4v) is 3.34. The van der Waals surface area contributed by atoms with Crippen LogP contribution >= 0.6 is 0 Å². The molecule has 5 heteroatoms. The maximum absolute atomic E-state index is 12.2. The molecule has 0 saturated carbocycles. The van der Waals surface area contributed by atoms with Crippen molar-refractivity contribution in [3.05, 3.63) is 0 Å². The summed E-state index contributed by atoms with van der Waals surface area (Å²) in [7, 11) is -3.01. The molecule has 1 aliphatic rings. The maximum atomic E-state index is 12.2. The smallest absolute Gasteiger partial charge is 0.156 e. The minimum atomic E-state index is -3.01. The van der Waals surface area contributed by atoms with Crippen molar-refractivity contribution in [3.8, 4) is 0 Å². The van der Waals surface area contributed by atoms with Crippen molar-refractivity contribution < 1.29 is 8.42 Å². The van der Waals surface area contributed by atoms with Gasteiger partial charge in [-0.15, -0.1) is 0 Å². The van der Waals surface area contributed by atoms with E-state index in [1.54, 1.807) is 20.8 Å². The van der Waals surface area contributed by atoms with Gasteiger partial charge in [-0.3, -0.25) is 0 Å². The lowest BCUT2D eigenvalue weighted by Crippen LogP contribution is -2.43. The summed E-state index contributed by atoms with van der Waals surface area (Å²) in [6, 6.07) is 0.472. The molecule has 0 radical (unpaired) electrons. The molecule has 0 aromatic rings. The second-order valence-corrected chi connectivity index (χ2v) is 9.75. The van der Waals surface area contributed by atoms with Crippen LogP contribution in [0.25, 0.3) is 0 Å². The van der Waals surface area contributed by atoms with E-state index in [4.69, 9.17) is 0 Å². The van der Waals surface area contributed by atoms with Crippen molar-refractivity contribution in [3.63, 3.8) is 0 Å². The SMILES string of the molecule is CC(C)C1CN(CCS(=O)(=O)C(C)(C)C)CCCN1. The zero-order valence-electron chi connectivity index (χ0n) is 13.1. The zero-order chi connectivity index (χ0) is 14.7. The van der Waals surface area contributed by atoms with Crippen LogP contribution in [0.5, 0.6) is 0 Å². The molecule has 0 bridgehead atoms. The highest BCUT2D eigenvalue weighted by Crippen LogP contribution is 2.16. The van der Waals surface area contributed by atoms with E-state index >= 15 is 0 Å². The summed E-state index contributed by atoms with van der Waals surface area (Å²) in [4.78, 5) is 2.30. The molecule has 1 N–H and O–H groups in total. The Morgan fingerprint density at radius 1 is 1.32 bits per heavy atom. The molecule has 1 aliphatic heterocycles. The van der Waals surface area contributed by atoms with Crippen LogP contribution in [-0.2, 0) is 9.84 Å². The molecule has 114 valence electrons. The van der Waals surface area contributed by atoms with Crippen molar-refractivity contribution in [1.29, 1.82) is 0 Å². The number of hydrogen-bond acceptors (Lipinski definition) is 4. The van der Waals surface area contributed by atoms with Gasteiger partial charge in [-0.25, -0.2) is 8.42 Å². The van der Waals surface area contributed by atoms with Crippen LogP contribution in [0.15, 0.2) is 0 Å². The summed E-state index contributed by atoms with van der Waals surface area (Å²) in [6.45, 7) is 13.4. The Morgan fingerprint density at radius 2 is 1.95 bits per heavy atom. The summed E-state index contributed by atoms with van der Waals surface area (Å²) in [5, 5.41) is 3.55. The Labute approximate surface area is 118 Å². The van der Waals surface area contributed by atoms with Crippen molar-refractivity contribution in [2.45, 2.75) is 51.8 Å². The van der Waals surface area contributed by atoms with E-state index in [1.165, 1.54) is 0 Å². The zero-order valence-corrected chi connectivity index (χ0v) is 13.9. The predicted octanol–water partition coefficient (Wildman–Crippen LogP) is 1.52. The summed E-state index contributed by atoms with van der Waals surface area (Å²) in [5.74, 6) is 0.848. The van der Waals surface area contributed by atoms with Crippen LogP contribution in [0, 0.1) is 5.92 Å². The van der Waals surface area contributed by atoms with Gasteiger partial charge in [-0.2, -0.15) is 0 Å². The lowest BCUT2D eigenvalue weighted by molar-refractivity contribution is 0.257. The third kappa shape index (κ3) is 5.04. The van der Waals surface area contributed by atoms with Gasteiger partial charge < -0.3 is 10.2 Å². The Hall–Kier alpha value is -0.130. The molecule has 0 spiro atoms. The van der Waals surface area contributed by atoms with Crippen LogP contribution in [0.3, 0.4) is 0 Å². The van der Waals surface area contributed by atoms with Crippen LogP contribution in [0.1, 0.15) is 41.0 Å². The Bertz CT molecular complexity index is 371. The van der Waals surface area contributed by atoms with Gasteiger partial charge in [-0.05, 0) is 46.2 Å². The molecule has 1 rings (SSSR count). The third-order valence-electron chi connectivity index (χ3n) is 3.93. The van der Waals surface area contributed by atoms with Gasteiger partial charge in [0, 0.05) is 19.1 Å². The second-order valence-electron chi connectivity index (χ2n) is 6.89. The molecule has 0 aromatic carbocycles. The molecule has 1 unspecified atom stereocenters. The second kappa shape index (κ2) is 6.55. The van der Waals surface area contributed by atoms with E-state index in [2.05, 4.69) is 24.1 Å². The van der Waals surface area contributed by atoms with Crippen LogP contribution in [0.4, 0.5) is 0 Å². The molecule has 0 aromatic heterocycles. The van der Waals surface area contributed by atoms with E-state index in [0.717, 1.165) is 26.1 Å². The van der Waals surface area contributed by atoms with Gasteiger partial charge >= 0.3 is 0 Å². The Morgan fingerprint density at radius 3 is 2.47 bits per heavy atom. The topological polar surface area (TPSA) is 49.4 Å². The third-order valence-corrected chi connectivity index (χ3v) is 6.51. The standard InChI is InChI=1S/C14H30N2O2S/c1-12(2)13-11-16(8-6-7-15-13)9-10-19(17,18)14(3,4)5/h12-13,15H,6-11H2,1-5H3. The van der Waals surface area contributed by atoms with E-state index in [-0.39, 0.29) is 5.75 Å². The number of hydrogen-bond donors (Lipinski definition) is 1. The maximum Gasteiger partial charge on any atom is 0.156 e. The molecule has 4 nitrogen and oxygen atoms in total. The first-order valence-electron chi connectivity index (χ1n) is 7.31. The number of nitrogens with zero attached hydrogens (tertiary/aromatic N) is 1. The number of rotatable bonds is 4. The Balaban J connectivity index is 2.57. The molecule has 0 aliphatic carbocycles. The molecule has 1 saturated heterocycles. The first-order valence-corrected chi connectivity index (χ1v) is 8.97. The first-order chi connectivity index (χ1) is 8.63. The van der Waals surface area contributed by atoms with Gasteiger partial charge in [-0.1, -0.05) is 13.8 Å². The summed E-state index contributed by atoms with van der Waals surface area (Å²) >= 11 is 0. The molecule has 1 heterocycles. The van der Waals surface area contributed by atoms with E-state index in [1.807, 2.05) is 0 Å². The fraction of sp³-hybridized carbons (Fsp3) is 1.00. The first kappa shape index (κ1) is 16.9. The largest absolute Gasteiger partial charge is 0.312 e. The lowest BCUT2D eigenvalue weighted by atomic mass is 10.0. The van der Waals surface area contributed by atoms with Crippen molar-refractivity contribution >= 4 is 9.84 Å². The summed E-state index contributed by atoms with van der Waals surface area (Å²) in [5.41, 5.74) is 0. The highest BCUT2D eigenvalue weighted by Gasteiger charge is 2.29. The quantitative estimate of drug-likeness (QED) is 0.853.